The Kier molecular flexibility index (Phi) is 4.33. The van der Waals surface area contributed by atoms with Crippen LogP contribution in [0.15, 0.2) is 0 Å². The van der Waals surface area contributed by atoms with E-state index in [0.717, 1.165) is 25.9 Å². The first-order valence-corrected chi connectivity index (χ1v) is 6.40. The van der Waals surface area contributed by atoms with Gasteiger partial charge in [-0.25, -0.2) is 0 Å². The van der Waals surface area contributed by atoms with E-state index in [0.29, 0.717) is 6.54 Å². The number of nitrogens with two attached hydrogens (primary N) is 1. The molecule has 1 aromatic heterocycles. The molecule has 0 spiro atoms. The predicted molar refractivity (Wildman–Crippen MR) is 69.4 cm³/mol. The summed E-state index contributed by atoms with van der Waals surface area (Å²) in [5, 5.41) is 15.3. The Hall–Kier alpha value is -1.67. The van der Waals surface area contributed by atoms with Crippen LogP contribution in [0.3, 0.4) is 0 Å². The number of aliphatic hydroxyl groups is 1. The molecule has 0 bridgehead atoms. The zero-order valence-electron chi connectivity index (χ0n) is 11.0. The third-order valence-corrected chi connectivity index (χ3v) is 3.44. The molecule has 2 rings (SSSR count). The van der Waals surface area contributed by atoms with Gasteiger partial charge in [0.1, 0.15) is 0 Å². The molecule has 106 valence electrons. The normalized spacial score (nSPS) is 17.6. The highest BCUT2D eigenvalue weighted by atomic mass is 16.3. The molecule has 0 aromatic carbocycles. The van der Waals surface area contributed by atoms with Crippen molar-refractivity contribution in [3.63, 3.8) is 0 Å². The lowest BCUT2D eigenvalue weighted by atomic mass is 10.0. The third-order valence-electron chi connectivity index (χ3n) is 3.44. The van der Waals surface area contributed by atoms with Crippen LogP contribution >= 0.6 is 0 Å². The summed E-state index contributed by atoms with van der Waals surface area (Å²) in [6.45, 7) is 2.12. The van der Waals surface area contributed by atoms with E-state index >= 15 is 0 Å². The van der Waals surface area contributed by atoms with Crippen LogP contribution in [0.5, 0.6) is 0 Å². The number of carbonyl (C=O) groups excluding carboxylic acids is 1. The van der Waals surface area contributed by atoms with E-state index in [1.54, 1.807) is 4.90 Å². The van der Waals surface area contributed by atoms with E-state index in [2.05, 4.69) is 27.1 Å². The van der Waals surface area contributed by atoms with Crippen LogP contribution in [0, 0.1) is 0 Å². The van der Waals surface area contributed by atoms with Gasteiger partial charge < -0.3 is 20.6 Å². The van der Waals surface area contributed by atoms with Crippen molar-refractivity contribution in [1.82, 2.24) is 25.0 Å². The number of aromatic amines is 1. The average molecular weight is 268 g/mol. The Morgan fingerprint density at radius 1 is 1.58 bits per heavy atom. The number of H-pyrrole nitrogens is 1. The molecule has 0 atom stereocenters. The fourth-order valence-corrected chi connectivity index (χ4v) is 2.37. The molecule has 8 nitrogen and oxygen atoms in total. The molecule has 1 aromatic rings. The second-order valence-corrected chi connectivity index (χ2v) is 4.80. The number of nitrogens with zero attached hydrogens (tertiary/aromatic N) is 4. The van der Waals surface area contributed by atoms with Gasteiger partial charge in [0.05, 0.1) is 6.61 Å². The Labute approximate surface area is 111 Å². The van der Waals surface area contributed by atoms with Crippen molar-refractivity contribution < 1.29 is 9.90 Å². The summed E-state index contributed by atoms with van der Waals surface area (Å²) in [6.07, 6.45) is 1.79. The van der Waals surface area contributed by atoms with Gasteiger partial charge in [0.25, 0.3) is 5.91 Å². The highest BCUT2D eigenvalue weighted by Gasteiger charge is 2.28. The average Bonchev–Trinajstić information content (AvgIpc) is 2.83. The molecule has 0 unspecified atom stereocenters. The monoisotopic (exact) mass is 268 g/mol. The van der Waals surface area contributed by atoms with Crippen molar-refractivity contribution in [1.29, 1.82) is 0 Å². The number of likely N-dealkylation sites (tertiary alicyclic amines) is 1. The van der Waals surface area contributed by atoms with E-state index in [9.17, 15) is 4.79 Å². The van der Waals surface area contributed by atoms with Crippen LogP contribution in [-0.4, -0.2) is 75.3 Å². The minimum absolute atomic E-state index is 0.0516. The van der Waals surface area contributed by atoms with Crippen molar-refractivity contribution in [2.75, 3.05) is 39.0 Å². The maximum absolute atomic E-state index is 12.3. The summed E-state index contributed by atoms with van der Waals surface area (Å²) in [6, 6.07) is 0.127. The molecule has 0 aliphatic carbocycles. The molecule has 1 aliphatic rings. The van der Waals surface area contributed by atoms with Crippen molar-refractivity contribution in [2.24, 2.45) is 0 Å². The topological polar surface area (TPSA) is 111 Å². The highest BCUT2D eigenvalue weighted by molar-refractivity contribution is 5.90. The van der Waals surface area contributed by atoms with Gasteiger partial charge in [0, 0.05) is 12.6 Å². The van der Waals surface area contributed by atoms with E-state index in [4.69, 9.17) is 10.8 Å². The van der Waals surface area contributed by atoms with E-state index in [1.165, 1.54) is 0 Å². The first kappa shape index (κ1) is 13.8. The quantitative estimate of drug-likeness (QED) is 0.640. The molecule has 8 heteroatoms. The van der Waals surface area contributed by atoms with Gasteiger partial charge in [-0.05, 0) is 33.0 Å². The molecule has 19 heavy (non-hydrogen) atoms. The van der Waals surface area contributed by atoms with Gasteiger partial charge in [0.2, 0.25) is 11.8 Å². The number of hydrogen-bond acceptors (Lipinski definition) is 6. The standard InChI is InChI=1S/C11H20N6O2/c1-16-4-2-8(3-5-16)17(6-7-18)10(19)9-13-11(12)15-14-9/h8,18H,2-7H2,1H3,(H3,12,13,14,15). The van der Waals surface area contributed by atoms with Crippen molar-refractivity contribution in [3.8, 4) is 0 Å². The van der Waals surface area contributed by atoms with Gasteiger partial charge in [0.15, 0.2) is 0 Å². The molecule has 2 heterocycles. The third kappa shape index (κ3) is 3.21. The minimum Gasteiger partial charge on any atom is -0.395 e. The van der Waals surface area contributed by atoms with Crippen LogP contribution in [-0.2, 0) is 0 Å². The van der Waals surface area contributed by atoms with E-state index in [1.807, 2.05) is 0 Å². The van der Waals surface area contributed by atoms with Gasteiger partial charge in [-0.3, -0.25) is 9.89 Å². The summed E-state index contributed by atoms with van der Waals surface area (Å²) in [7, 11) is 2.06. The Balaban J connectivity index is 2.08. The number of nitrogens with one attached hydrogen (secondary N) is 1. The summed E-state index contributed by atoms with van der Waals surface area (Å²) < 4.78 is 0. The van der Waals surface area contributed by atoms with Crippen LogP contribution in [0.1, 0.15) is 23.5 Å². The number of carbonyl (C=O) groups is 1. The lowest BCUT2D eigenvalue weighted by Gasteiger charge is -2.36. The molecular formula is C11H20N6O2. The van der Waals surface area contributed by atoms with Crippen LogP contribution in [0.4, 0.5) is 5.95 Å². The minimum atomic E-state index is -0.257. The zero-order valence-corrected chi connectivity index (χ0v) is 11.0. The molecule has 4 N–H and O–H groups in total. The SMILES string of the molecule is CN1CCC(N(CCO)C(=O)c2nc(N)n[nH]2)CC1. The number of aliphatic hydroxyl groups excluding tert-OH is 1. The van der Waals surface area contributed by atoms with Crippen LogP contribution in [0.25, 0.3) is 0 Å². The summed E-state index contributed by atoms with van der Waals surface area (Å²) in [5.74, 6) is -0.0756. The van der Waals surface area contributed by atoms with Crippen LogP contribution < -0.4 is 5.73 Å². The highest BCUT2D eigenvalue weighted by Crippen LogP contribution is 2.17. The lowest BCUT2D eigenvalue weighted by molar-refractivity contribution is 0.0528. The second-order valence-electron chi connectivity index (χ2n) is 4.80. The number of anilines is 1. The first-order chi connectivity index (χ1) is 9.11. The number of hydrogen-bond donors (Lipinski definition) is 3. The second kappa shape index (κ2) is 5.98. The van der Waals surface area contributed by atoms with E-state index < -0.39 is 0 Å². The maximum atomic E-state index is 12.3. The molecular weight excluding hydrogens is 248 g/mol. The lowest BCUT2D eigenvalue weighted by Crippen LogP contribution is -2.47. The fraction of sp³-hybridized carbons (Fsp3) is 0.727. The van der Waals surface area contributed by atoms with Gasteiger partial charge in [-0.15, -0.1) is 5.10 Å². The molecule has 1 aliphatic heterocycles. The summed E-state index contributed by atoms with van der Waals surface area (Å²) in [5.41, 5.74) is 5.41. The molecule has 1 fully saturated rings. The Morgan fingerprint density at radius 2 is 2.26 bits per heavy atom. The summed E-state index contributed by atoms with van der Waals surface area (Å²) in [4.78, 5) is 20.1. The Morgan fingerprint density at radius 3 is 2.79 bits per heavy atom. The summed E-state index contributed by atoms with van der Waals surface area (Å²) >= 11 is 0. The van der Waals surface area contributed by atoms with Gasteiger partial charge >= 0.3 is 0 Å². The zero-order chi connectivity index (χ0) is 13.8. The fourth-order valence-electron chi connectivity index (χ4n) is 2.37. The van der Waals surface area contributed by atoms with Crippen molar-refractivity contribution >= 4 is 11.9 Å². The largest absolute Gasteiger partial charge is 0.395 e. The Bertz CT molecular complexity index is 427. The number of piperidine rings is 1. The van der Waals surface area contributed by atoms with Crippen molar-refractivity contribution in [3.05, 3.63) is 5.82 Å². The first-order valence-electron chi connectivity index (χ1n) is 6.40. The van der Waals surface area contributed by atoms with E-state index in [-0.39, 0.29) is 30.3 Å². The molecule has 0 radical (unpaired) electrons. The number of nitrogen functional groups attached to an aromatic ring is 1. The molecule has 0 saturated carbocycles. The van der Waals surface area contributed by atoms with Crippen molar-refractivity contribution in [2.45, 2.75) is 18.9 Å². The smallest absolute Gasteiger partial charge is 0.291 e. The molecule has 1 saturated heterocycles. The van der Waals surface area contributed by atoms with Crippen LogP contribution in [0.2, 0.25) is 0 Å². The number of amides is 1. The number of rotatable bonds is 4. The number of aromatic nitrogens is 3. The van der Waals surface area contributed by atoms with Gasteiger partial charge in [-0.2, -0.15) is 4.98 Å². The molecule has 1 amide bonds. The van der Waals surface area contributed by atoms with Gasteiger partial charge in [-0.1, -0.05) is 0 Å². The predicted octanol–water partition coefficient (Wildman–Crippen LogP) is -1.08. The maximum Gasteiger partial charge on any atom is 0.291 e.